The van der Waals surface area contributed by atoms with Gasteiger partial charge in [0.2, 0.25) is 0 Å². The highest BCUT2D eigenvalue weighted by Crippen LogP contribution is 2.34. The maximum absolute atomic E-state index is 13.1. The molecule has 4 rings (SSSR count). The normalized spacial score (nSPS) is 16.1. The molecule has 6 nitrogen and oxygen atoms in total. The van der Waals surface area contributed by atoms with Crippen molar-refractivity contribution >= 4 is 35.1 Å². The van der Waals surface area contributed by atoms with Gasteiger partial charge in [-0.05, 0) is 25.0 Å². The van der Waals surface area contributed by atoms with E-state index in [1.807, 2.05) is 59.0 Å². The second-order valence-corrected chi connectivity index (χ2v) is 8.46. The van der Waals surface area contributed by atoms with Crippen LogP contribution in [0.15, 0.2) is 59.8 Å². The Morgan fingerprint density at radius 1 is 1.10 bits per heavy atom. The molecular formula is C22H21ClN4O2S. The quantitative estimate of drug-likeness (QED) is 0.419. The molecule has 0 aliphatic carbocycles. The number of aromatic nitrogens is 3. The van der Waals surface area contributed by atoms with Gasteiger partial charge in [0, 0.05) is 19.2 Å². The molecule has 0 spiro atoms. The predicted octanol–water partition coefficient (Wildman–Crippen LogP) is 4.42. The van der Waals surface area contributed by atoms with Gasteiger partial charge in [-0.1, -0.05) is 65.8 Å². The van der Waals surface area contributed by atoms with E-state index < -0.39 is 0 Å². The molecule has 8 heteroatoms. The van der Waals surface area contributed by atoms with Gasteiger partial charge in [-0.25, -0.2) is 0 Å². The highest BCUT2D eigenvalue weighted by Gasteiger charge is 2.34. The lowest BCUT2D eigenvalue weighted by atomic mass is 10.1. The third kappa shape index (κ3) is 4.13. The fourth-order valence-electron chi connectivity index (χ4n) is 3.65. The van der Waals surface area contributed by atoms with Crippen LogP contribution in [0.4, 0.5) is 0 Å². The molecule has 1 atom stereocenters. The summed E-state index contributed by atoms with van der Waals surface area (Å²) in [7, 11) is 1.88. The van der Waals surface area contributed by atoms with Gasteiger partial charge in [0.05, 0.1) is 22.4 Å². The van der Waals surface area contributed by atoms with Crippen molar-refractivity contribution in [2.45, 2.75) is 24.0 Å². The summed E-state index contributed by atoms with van der Waals surface area (Å²) in [5, 5.41) is 9.73. The average molecular weight is 441 g/mol. The average Bonchev–Trinajstić information content (AvgIpc) is 3.39. The molecule has 0 N–H and O–H groups in total. The number of Topliss-reactive ketones (excluding diaryl/α,β-unsaturated/α-hetero) is 1. The third-order valence-electron chi connectivity index (χ3n) is 5.21. The van der Waals surface area contributed by atoms with Crippen LogP contribution < -0.4 is 0 Å². The zero-order valence-corrected chi connectivity index (χ0v) is 18.1. The number of halogens is 1. The van der Waals surface area contributed by atoms with E-state index in [9.17, 15) is 9.59 Å². The van der Waals surface area contributed by atoms with Crippen molar-refractivity contribution in [2.24, 2.45) is 7.05 Å². The summed E-state index contributed by atoms with van der Waals surface area (Å²) in [5.41, 5.74) is 1.18. The molecule has 1 aromatic heterocycles. The molecule has 2 heterocycles. The van der Waals surface area contributed by atoms with Gasteiger partial charge >= 0.3 is 0 Å². The number of carbonyl (C=O) groups is 2. The second-order valence-electron chi connectivity index (χ2n) is 7.11. The molecule has 2 aromatic carbocycles. The van der Waals surface area contributed by atoms with Gasteiger partial charge in [-0.3, -0.25) is 9.59 Å². The summed E-state index contributed by atoms with van der Waals surface area (Å²) in [6.07, 6.45) is 1.71. The molecule has 1 aliphatic rings. The van der Waals surface area contributed by atoms with Gasteiger partial charge < -0.3 is 9.47 Å². The summed E-state index contributed by atoms with van der Waals surface area (Å²) in [6, 6.07) is 16.1. The number of nitrogens with zero attached hydrogens (tertiary/aromatic N) is 4. The first kappa shape index (κ1) is 20.6. The predicted molar refractivity (Wildman–Crippen MR) is 117 cm³/mol. The van der Waals surface area contributed by atoms with Gasteiger partial charge in [-0.2, -0.15) is 0 Å². The molecule has 1 saturated heterocycles. The maximum atomic E-state index is 13.1. The van der Waals surface area contributed by atoms with Gasteiger partial charge in [0.25, 0.3) is 5.91 Å². The zero-order valence-electron chi connectivity index (χ0n) is 16.5. The van der Waals surface area contributed by atoms with Crippen molar-refractivity contribution in [1.82, 2.24) is 19.7 Å². The molecule has 3 aromatic rings. The first-order chi connectivity index (χ1) is 14.6. The Hall–Kier alpha value is -2.64. The molecular weight excluding hydrogens is 420 g/mol. The van der Waals surface area contributed by atoms with Crippen molar-refractivity contribution in [1.29, 1.82) is 0 Å². The number of rotatable bonds is 6. The van der Waals surface area contributed by atoms with Crippen LogP contribution in [0.1, 0.15) is 45.4 Å². The standard InChI is InChI=1S/C22H21ClN4O2S/c1-26-20(24-25-22(26)30-14-19(28)15-8-3-2-4-9-15)18-12-7-13-27(18)21(29)16-10-5-6-11-17(16)23/h2-6,8-11,18H,7,12-14H2,1H3. The van der Waals surface area contributed by atoms with E-state index in [1.54, 1.807) is 12.1 Å². The van der Waals surface area contributed by atoms with Crippen LogP contribution in [0.25, 0.3) is 0 Å². The van der Waals surface area contributed by atoms with Crippen LogP contribution in [0.2, 0.25) is 5.02 Å². The Kier molecular flexibility index (Phi) is 6.20. The first-order valence-electron chi connectivity index (χ1n) is 9.72. The van der Waals surface area contributed by atoms with Crippen molar-refractivity contribution in [3.63, 3.8) is 0 Å². The number of hydrogen-bond acceptors (Lipinski definition) is 5. The number of carbonyl (C=O) groups excluding carboxylic acids is 2. The zero-order chi connectivity index (χ0) is 21.1. The molecule has 1 fully saturated rings. The topological polar surface area (TPSA) is 68.1 Å². The molecule has 1 unspecified atom stereocenters. The first-order valence-corrected chi connectivity index (χ1v) is 11.1. The summed E-state index contributed by atoms with van der Waals surface area (Å²) in [5.74, 6) is 0.951. The van der Waals surface area contributed by atoms with E-state index in [2.05, 4.69) is 10.2 Å². The minimum atomic E-state index is -0.162. The van der Waals surface area contributed by atoms with E-state index in [0.717, 1.165) is 18.7 Å². The lowest BCUT2D eigenvalue weighted by Gasteiger charge is -2.24. The number of thioether (sulfide) groups is 1. The van der Waals surface area contributed by atoms with E-state index in [-0.39, 0.29) is 23.5 Å². The second kappa shape index (κ2) is 9.02. The molecule has 0 saturated carbocycles. The van der Waals surface area contributed by atoms with Gasteiger partial charge in [0.15, 0.2) is 16.8 Å². The van der Waals surface area contributed by atoms with Crippen LogP contribution in [0.3, 0.4) is 0 Å². The summed E-state index contributed by atoms with van der Waals surface area (Å²) >= 11 is 7.59. The van der Waals surface area contributed by atoms with Crippen molar-refractivity contribution in [3.05, 3.63) is 76.6 Å². The van der Waals surface area contributed by atoms with E-state index >= 15 is 0 Å². The Balaban J connectivity index is 1.49. The van der Waals surface area contributed by atoms with Crippen LogP contribution >= 0.6 is 23.4 Å². The van der Waals surface area contributed by atoms with Crippen LogP contribution in [0.5, 0.6) is 0 Å². The molecule has 154 valence electrons. The number of likely N-dealkylation sites (tertiary alicyclic amines) is 1. The Labute approximate surface area is 184 Å². The highest BCUT2D eigenvalue weighted by molar-refractivity contribution is 7.99. The van der Waals surface area contributed by atoms with Gasteiger partial charge in [-0.15, -0.1) is 10.2 Å². The third-order valence-corrected chi connectivity index (χ3v) is 6.56. The van der Waals surface area contributed by atoms with E-state index in [1.165, 1.54) is 11.8 Å². The smallest absolute Gasteiger partial charge is 0.255 e. The lowest BCUT2D eigenvalue weighted by molar-refractivity contribution is 0.0727. The van der Waals surface area contributed by atoms with Crippen molar-refractivity contribution < 1.29 is 9.59 Å². The summed E-state index contributed by atoms with van der Waals surface area (Å²) < 4.78 is 1.88. The van der Waals surface area contributed by atoms with E-state index in [4.69, 9.17) is 11.6 Å². The number of hydrogen-bond donors (Lipinski definition) is 0. The molecule has 1 aliphatic heterocycles. The minimum absolute atomic E-state index is 0.0431. The molecule has 0 bridgehead atoms. The van der Waals surface area contributed by atoms with Gasteiger partial charge in [0.1, 0.15) is 0 Å². The Morgan fingerprint density at radius 3 is 2.60 bits per heavy atom. The largest absolute Gasteiger partial charge is 0.328 e. The highest BCUT2D eigenvalue weighted by atomic mass is 35.5. The monoisotopic (exact) mass is 440 g/mol. The fraction of sp³-hybridized carbons (Fsp3) is 0.273. The number of amides is 1. The van der Waals surface area contributed by atoms with Crippen LogP contribution in [0, 0.1) is 0 Å². The van der Waals surface area contributed by atoms with Crippen molar-refractivity contribution in [2.75, 3.05) is 12.3 Å². The maximum Gasteiger partial charge on any atom is 0.255 e. The minimum Gasteiger partial charge on any atom is -0.328 e. The molecule has 30 heavy (non-hydrogen) atoms. The SMILES string of the molecule is Cn1c(SCC(=O)c2ccccc2)nnc1C1CCCN1C(=O)c1ccccc1Cl. The van der Waals surface area contributed by atoms with E-state index in [0.29, 0.717) is 27.9 Å². The number of ketones is 1. The summed E-state index contributed by atoms with van der Waals surface area (Å²) in [4.78, 5) is 27.3. The van der Waals surface area contributed by atoms with Crippen LogP contribution in [-0.4, -0.2) is 43.7 Å². The molecule has 1 amide bonds. The Morgan fingerprint density at radius 2 is 1.83 bits per heavy atom. The summed E-state index contributed by atoms with van der Waals surface area (Å²) in [6.45, 7) is 0.649. The van der Waals surface area contributed by atoms with Crippen LogP contribution in [-0.2, 0) is 7.05 Å². The lowest BCUT2D eigenvalue weighted by Crippen LogP contribution is -2.32. The van der Waals surface area contributed by atoms with Crippen molar-refractivity contribution in [3.8, 4) is 0 Å². The number of benzene rings is 2. The fourth-order valence-corrected chi connectivity index (χ4v) is 4.68. The Bertz CT molecular complexity index is 1070. The molecule has 0 radical (unpaired) electrons.